The summed E-state index contributed by atoms with van der Waals surface area (Å²) in [5.74, 6) is 0. The van der Waals surface area contributed by atoms with Crippen molar-refractivity contribution in [2.45, 2.75) is 50.7 Å². The summed E-state index contributed by atoms with van der Waals surface area (Å²) in [4.78, 5) is 0. The molecule has 1 saturated heterocycles. The van der Waals surface area contributed by atoms with E-state index < -0.39 is 0 Å². The number of aliphatic hydroxyl groups is 1. The zero-order chi connectivity index (χ0) is 11.2. The summed E-state index contributed by atoms with van der Waals surface area (Å²) < 4.78 is 5.65. The third-order valence-electron chi connectivity index (χ3n) is 3.15. The highest BCUT2D eigenvalue weighted by molar-refractivity contribution is 7.07. The fourth-order valence-corrected chi connectivity index (χ4v) is 2.88. The van der Waals surface area contributed by atoms with Crippen molar-refractivity contribution in [3.63, 3.8) is 0 Å². The molecular weight excluding hydrogens is 220 g/mol. The van der Waals surface area contributed by atoms with Crippen molar-refractivity contribution in [2.24, 2.45) is 0 Å². The Morgan fingerprint density at radius 2 is 2.44 bits per heavy atom. The molecule has 1 aromatic rings. The van der Waals surface area contributed by atoms with E-state index in [-0.39, 0.29) is 6.10 Å². The van der Waals surface area contributed by atoms with E-state index in [0.29, 0.717) is 6.10 Å². The summed E-state index contributed by atoms with van der Waals surface area (Å²) in [6, 6.07) is 2.09. The molecule has 2 nitrogen and oxygen atoms in total. The molecule has 1 aliphatic heterocycles. The summed E-state index contributed by atoms with van der Waals surface area (Å²) >= 11 is 1.69. The van der Waals surface area contributed by atoms with Gasteiger partial charge in [-0.25, -0.2) is 0 Å². The molecule has 0 aromatic carbocycles. The number of rotatable bonds is 5. The summed E-state index contributed by atoms with van der Waals surface area (Å²) in [6.07, 6.45) is 6.50. The molecule has 2 atom stereocenters. The van der Waals surface area contributed by atoms with E-state index in [4.69, 9.17) is 4.74 Å². The SMILES string of the molecule is OC(CCC1CCCCO1)Cc1ccsc1. The zero-order valence-corrected chi connectivity index (χ0v) is 10.4. The van der Waals surface area contributed by atoms with Crippen LogP contribution in [0.5, 0.6) is 0 Å². The molecule has 0 amide bonds. The number of ether oxygens (including phenoxy) is 1. The monoisotopic (exact) mass is 240 g/mol. The zero-order valence-electron chi connectivity index (χ0n) is 9.60. The first-order chi connectivity index (χ1) is 7.84. The van der Waals surface area contributed by atoms with Crippen LogP contribution in [0.4, 0.5) is 0 Å². The van der Waals surface area contributed by atoms with Crippen LogP contribution in [-0.4, -0.2) is 23.9 Å². The average Bonchev–Trinajstić information content (AvgIpc) is 2.81. The van der Waals surface area contributed by atoms with E-state index in [1.54, 1.807) is 11.3 Å². The minimum Gasteiger partial charge on any atom is -0.393 e. The third kappa shape index (κ3) is 3.89. The second kappa shape index (κ2) is 6.38. The van der Waals surface area contributed by atoms with E-state index in [1.807, 2.05) is 0 Å². The van der Waals surface area contributed by atoms with Crippen molar-refractivity contribution in [3.05, 3.63) is 22.4 Å². The van der Waals surface area contributed by atoms with Gasteiger partial charge in [-0.15, -0.1) is 0 Å². The van der Waals surface area contributed by atoms with Crippen LogP contribution in [0.2, 0.25) is 0 Å². The Morgan fingerprint density at radius 3 is 3.12 bits per heavy atom. The fraction of sp³-hybridized carbons (Fsp3) is 0.692. The van der Waals surface area contributed by atoms with Gasteiger partial charge in [0.05, 0.1) is 12.2 Å². The minimum atomic E-state index is -0.208. The highest BCUT2D eigenvalue weighted by Gasteiger charge is 2.15. The molecule has 2 rings (SSSR count). The maximum atomic E-state index is 9.90. The first-order valence-corrected chi connectivity index (χ1v) is 7.09. The Balaban J connectivity index is 1.65. The lowest BCUT2D eigenvalue weighted by molar-refractivity contribution is 0.00235. The second-order valence-corrected chi connectivity index (χ2v) is 5.34. The predicted molar refractivity (Wildman–Crippen MR) is 66.9 cm³/mol. The van der Waals surface area contributed by atoms with Gasteiger partial charge in [-0.2, -0.15) is 11.3 Å². The summed E-state index contributed by atoms with van der Waals surface area (Å²) in [5, 5.41) is 14.1. The maximum Gasteiger partial charge on any atom is 0.0581 e. The average molecular weight is 240 g/mol. The van der Waals surface area contributed by atoms with Crippen LogP contribution in [0.15, 0.2) is 16.8 Å². The first-order valence-electron chi connectivity index (χ1n) is 6.15. The molecule has 0 bridgehead atoms. The molecule has 0 aliphatic carbocycles. The van der Waals surface area contributed by atoms with Gasteiger partial charge in [-0.3, -0.25) is 0 Å². The Hall–Kier alpha value is -0.380. The molecule has 90 valence electrons. The van der Waals surface area contributed by atoms with E-state index in [2.05, 4.69) is 16.8 Å². The van der Waals surface area contributed by atoms with Crippen LogP contribution >= 0.6 is 11.3 Å². The molecule has 1 aliphatic rings. The summed E-state index contributed by atoms with van der Waals surface area (Å²) in [5.41, 5.74) is 1.25. The molecule has 2 heterocycles. The van der Waals surface area contributed by atoms with Gasteiger partial charge in [-0.05, 0) is 60.9 Å². The quantitative estimate of drug-likeness (QED) is 0.857. The van der Waals surface area contributed by atoms with Gasteiger partial charge in [0.25, 0.3) is 0 Å². The van der Waals surface area contributed by atoms with Crippen LogP contribution in [0.3, 0.4) is 0 Å². The Morgan fingerprint density at radius 1 is 1.50 bits per heavy atom. The molecule has 1 aromatic heterocycles. The normalized spacial score (nSPS) is 23.2. The topological polar surface area (TPSA) is 29.5 Å². The van der Waals surface area contributed by atoms with Gasteiger partial charge in [0.2, 0.25) is 0 Å². The number of hydrogen-bond acceptors (Lipinski definition) is 3. The minimum absolute atomic E-state index is 0.208. The van der Waals surface area contributed by atoms with Crippen molar-refractivity contribution >= 4 is 11.3 Å². The third-order valence-corrected chi connectivity index (χ3v) is 3.88. The van der Waals surface area contributed by atoms with Crippen LogP contribution in [0, 0.1) is 0 Å². The van der Waals surface area contributed by atoms with E-state index in [9.17, 15) is 5.11 Å². The van der Waals surface area contributed by atoms with Crippen LogP contribution in [-0.2, 0) is 11.2 Å². The highest BCUT2D eigenvalue weighted by Crippen LogP contribution is 2.19. The molecule has 2 unspecified atom stereocenters. The molecule has 3 heteroatoms. The van der Waals surface area contributed by atoms with E-state index in [1.165, 1.54) is 24.8 Å². The molecule has 0 radical (unpaired) electrons. The van der Waals surface area contributed by atoms with Gasteiger partial charge in [-0.1, -0.05) is 0 Å². The van der Waals surface area contributed by atoms with Gasteiger partial charge < -0.3 is 9.84 Å². The van der Waals surface area contributed by atoms with E-state index in [0.717, 1.165) is 25.9 Å². The lowest BCUT2D eigenvalue weighted by Gasteiger charge is -2.23. The Labute approximate surface area is 101 Å². The van der Waals surface area contributed by atoms with Crippen molar-refractivity contribution < 1.29 is 9.84 Å². The Bertz CT molecular complexity index is 278. The van der Waals surface area contributed by atoms with Crippen molar-refractivity contribution in [1.29, 1.82) is 0 Å². The van der Waals surface area contributed by atoms with Crippen molar-refractivity contribution in [1.82, 2.24) is 0 Å². The maximum absolute atomic E-state index is 9.90. The lowest BCUT2D eigenvalue weighted by Crippen LogP contribution is -2.21. The molecule has 16 heavy (non-hydrogen) atoms. The number of aliphatic hydroxyl groups excluding tert-OH is 1. The van der Waals surface area contributed by atoms with Gasteiger partial charge in [0.15, 0.2) is 0 Å². The van der Waals surface area contributed by atoms with E-state index >= 15 is 0 Å². The summed E-state index contributed by atoms with van der Waals surface area (Å²) in [6.45, 7) is 0.908. The van der Waals surface area contributed by atoms with Gasteiger partial charge >= 0.3 is 0 Å². The Kier molecular flexibility index (Phi) is 4.82. The standard InChI is InChI=1S/C13H20O2S/c14-12(9-11-6-8-16-10-11)4-5-13-3-1-2-7-15-13/h6,8,10,12-14H,1-5,7,9H2. The molecular formula is C13H20O2S. The van der Waals surface area contributed by atoms with Crippen molar-refractivity contribution in [3.8, 4) is 0 Å². The molecule has 1 fully saturated rings. The highest BCUT2D eigenvalue weighted by atomic mass is 32.1. The largest absolute Gasteiger partial charge is 0.393 e. The number of hydrogen-bond donors (Lipinski definition) is 1. The lowest BCUT2D eigenvalue weighted by atomic mass is 10.0. The molecule has 0 spiro atoms. The fourth-order valence-electron chi connectivity index (χ4n) is 2.20. The van der Waals surface area contributed by atoms with Crippen LogP contribution in [0.25, 0.3) is 0 Å². The molecule has 0 saturated carbocycles. The summed E-state index contributed by atoms with van der Waals surface area (Å²) in [7, 11) is 0. The predicted octanol–water partition coefficient (Wildman–Crippen LogP) is 3.00. The number of thiophene rings is 1. The molecule has 1 N–H and O–H groups in total. The first kappa shape index (κ1) is 12.1. The van der Waals surface area contributed by atoms with Crippen LogP contribution in [0.1, 0.15) is 37.7 Å². The smallest absolute Gasteiger partial charge is 0.0581 e. The van der Waals surface area contributed by atoms with Gasteiger partial charge in [0, 0.05) is 6.61 Å². The second-order valence-electron chi connectivity index (χ2n) is 4.56. The van der Waals surface area contributed by atoms with Crippen molar-refractivity contribution in [2.75, 3.05) is 6.61 Å². The van der Waals surface area contributed by atoms with Crippen LogP contribution < -0.4 is 0 Å². The van der Waals surface area contributed by atoms with Gasteiger partial charge in [0.1, 0.15) is 0 Å².